The van der Waals surface area contributed by atoms with Crippen molar-refractivity contribution >= 4 is 11.8 Å². The highest BCUT2D eigenvalue weighted by Crippen LogP contribution is 2.48. The van der Waals surface area contributed by atoms with Gasteiger partial charge in [-0.15, -0.1) is 0 Å². The van der Waals surface area contributed by atoms with E-state index in [0.29, 0.717) is 29.2 Å². The Balaban J connectivity index is 1.92. The summed E-state index contributed by atoms with van der Waals surface area (Å²) in [7, 11) is 3.11. The number of amides is 2. The predicted molar refractivity (Wildman–Crippen MR) is 114 cm³/mol. The number of nitrogens with zero attached hydrogens (tertiary/aromatic N) is 1. The van der Waals surface area contributed by atoms with Gasteiger partial charge in [-0.3, -0.25) is 9.59 Å². The van der Waals surface area contributed by atoms with Crippen LogP contribution in [0.25, 0.3) is 0 Å². The SMILES string of the molecule is CC[C@H](C)NC(=O)[C@H]1c2cc(OC)c(OC)cc2C(=O)N2CCc3ccccc3[C@H]12. The van der Waals surface area contributed by atoms with Crippen LogP contribution in [0.15, 0.2) is 36.4 Å². The number of fused-ring (bicyclic) bond motifs is 4. The Morgan fingerprint density at radius 3 is 2.57 bits per heavy atom. The molecule has 2 aliphatic heterocycles. The number of carbonyl (C=O) groups is 2. The van der Waals surface area contributed by atoms with Crippen LogP contribution >= 0.6 is 0 Å². The first-order valence-corrected chi connectivity index (χ1v) is 10.4. The van der Waals surface area contributed by atoms with E-state index >= 15 is 0 Å². The lowest BCUT2D eigenvalue weighted by molar-refractivity contribution is -0.125. The van der Waals surface area contributed by atoms with Gasteiger partial charge in [-0.2, -0.15) is 0 Å². The first-order chi connectivity index (χ1) is 14.5. The van der Waals surface area contributed by atoms with Gasteiger partial charge >= 0.3 is 0 Å². The molecule has 2 aromatic carbocycles. The van der Waals surface area contributed by atoms with Crippen LogP contribution < -0.4 is 14.8 Å². The quantitative estimate of drug-likeness (QED) is 0.823. The van der Waals surface area contributed by atoms with Crippen molar-refractivity contribution in [3.63, 3.8) is 0 Å². The molecule has 0 saturated carbocycles. The number of ether oxygens (including phenoxy) is 2. The fourth-order valence-corrected chi connectivity index (χ4v) is 4.57. The van der Waals surface area contributed by atoms with Crippen LogP contribution in [-0.4, -0.2) is 43.5 Å². The average molecular weight is 408 g/mol. The summed E-state index contributed by atoms with van der Waals surface area (Å²) in [6.07, 6.45) is 1.61. The molecule has 158 valence electrons. The van der Waals surface area contributed by atoms with Crippen molar-refractivity contribution in [2.45, 2.75) is 44.7 Å². The highest BCUT2D eigenvalue weighted by Gasteiger charge is 2.47. The third kappa shape index (κ3) is 3.20. The topological polar surface area (TPSA) is 67.9 Å². The van der Waals surface area contributed by atoms with E-state index in [-0.39, 0.29) is 23.9 Å². The third-order valence-corrected chi connectivity index (χ3v) is 6.31. The summed E-state index contributed by atoms with van der Waals surface area (Å²) in [4.78, 5) is 28.9. The maximum atomic E-state index is 13.5. The van der Waals surface area contributed by atoms with E-state index < -0.39 is 5.92 Å². The van der Waals surface area contributed by atoms with Crippen LogP contribution in [0.5, 0.6) is 11.5 Å². The monoisotopic (exact) mass is 408 g/mol. The van der Waals surface area contributed by atoms with Crippen molar-refractivity contribution in [1.82, 2.24) is 10.2 Å². The maximum Gasteiger partial charge on any atom is 0.254 e. The Bertz CT molecular complexity index is 987. The largest absolute Gasteiger partial charge is 0.493 e. The standard InChI is InChI=1S/C24H28N2O4/c1-5-14(2)25-23(27)21-17-12-19(29-3)20(30-4)13-18(17)24(28)26-11-10-15-8-6-7-9-16(15)22(21)26/h6-9,12-14,21-22H,5,10-11H2,1-4H3,(H,25,27)/t14-,21-,22+/m0/s1. The molecule has 0 spiro atoms. The first-order valence-electron chi connectivity index (χ1n) is 10.4. The van der Waals surface area contributed by atoms with Gasteiger partial charge in [0.05, 0.1) is 26.2 Å². The maximum absolute atomic E-state index is 13.5. The molecular formula is C24H28N2O4. The Labute approximate surface area is 177 Å². The molecule has 0 saturated heterocycles. The van der Waals surface area contributed by atoms with E-state index in [1.165, 1.54) is 5.56 Å². The molecule has 0 aromatic heterocycles. The molecule has 2 aromatic rings. The van der Waals surface area contributed by atoms with Crippen LogP contribution in [0.4, 0.5) is 0 Å². The van der Waals surface area contributed by atoms with Gasteiger partial charge in [0, 0.05) is 18.2 Å². The van der Waals surface area contributed by atoms with E-state index in [9.17, 15) is 9.59 Å². The number of carbonyl (C=O) groups excluding carboxylic acids is 2. The highest BCUT2D eigenvalue weighted by atomic mass is 16.5. The van der Waals surface area contributed by atoms with Crippen LogP contribution in [0.1, 0.15) is 59.3 Å². The molecule has 0 aliphatic carbocycles. The van der Waals surface area contributed by atoms with Gasteiger partial charge in [-0.05, 0) is 48.6 Å². The van der Waals surface area contributed by atoms with Gasteiger partial charge in [0.15, 0.2) is 11.5 Å². The molecule has 0 fully saturated rings. The molecule has 0 radical (unpaired) electrons. The number of nitrogens with one attached hydrogen (secondary N) is 1. The fraction of sp³-hybridized carbons (Fsp3) is 0.417. The van der Waals surface area contributed by atoms with Crippen LogP contribution in [0, 0.1) is 0 Å². The summed E-state index contributed by atoms with van der Waals surface area (Å²) in [5.74, 6) is 0.340. The highest BCUT2D eigenvalue weighted by molar-refractivity contribution is 6.02. The Kier molecular flexibility index (Phi) is 5.41. The summed E-state index contributed by atoms with van der Waals surface area (Å²) in [5, 5.41) is 3.14. The van der Waals surface area contributed by atoms with Crippen molar-refractivity contribution in [1.29, 1.82) is 0 Å². The number of benzene rings is 2. The normalized spacial score (nSPS) is 20.5. The second-order valence-electron chi connectivity index (χ2n) is 7.98. The minimum absolute atomic E-state index is 0.0472. The molecule has 4 rings (SSSR count). The van der Waals surface area contributed by atoms with Crippen molar-refractivity contribution < 1.29 is 19.1 Å². The summed E-state index contributed by atoms with van der Waals surface area (Å²) in [6.45, 7) is 4.62. The van der Waals surface area contributed by atoms with E-state index in [4.69, 9.17) is 9.47 Å². The van der Waals surface area contributed by atoms with E-state index in [0.717, 1.165) is 18.4 Å². The lowest BCUT2D eigenvalue weighted by Crippen LogP contribution is -2.51. The van der Waals surface area contributed by atoms with Gasteiger partial charge in [-0.25, -0.2) is 0 Å². The zero-order valence-electron chi connectivity index (χ0n) is 17.9. The molecule has 2 aliphatic rings. The molecular weight excluding hydrogens is 380 g/mol. The molecule has 2 heterocycles. The van der Waals surface area contributed by atoms with Crippen molar-refractivity contribution in [3.05, 3.63) is 58.7 Å². The Morgan fingerprint density at radius 1 is 1.17 bits per heavy atom. The second kappa shape index (κ2) is 8.01. The summed E-state index contributed by atoms with van der Waals surface area (Å²) in [6, 6.07) is 11.3. The predicted octanol–water partition coefficient (Wildman–Crippen LogP) is 3.46. The van der Waals surface area contributed by atoms with Gasteiger partial charge in [0.25, 0.3) is 5.91 Å². The number of rotatable bonds is 5. The molecule has 30 heavy (non-hydrogen) atoms. The van der Waals surface area contributed by atoms with Gasteiger partial charge < -0.3 is 19.7 Å². The van der Waals surface area contributed by atoms with E-state index in [1.807, 2.05) is 36.9 Å². The summed E-state index contributed by atoms with van der Waals surface area (Å²) >= 11 is 0. The van der Waals surface area contributed by atoms with Crippen LogP contribution in [0.3, 0.4) is 0 Å². The summed E-state index contributed by atoms with van der Waals surface area (Å²) in [5.41, 5.74) is 3.43. The van der Waals surface area contributed by atoms with Crippen molar-refractivity contribution in [3.8, 4) is 11.5 Å². The van der Waals surface area contributed by atoms with Crippen molar-refractivity contribution in [2.24, 2.45) is 0 Å². The van der Waals surface area contributed by atoms with Gasteiger partial charge in [0.2, 0.25) is 5.91 Å². The zero-order valence-corrected chi connectivity index (χ0v) is 17.9. The third-order valence-electron chi connectivity index (χ3n) is 6.31. The smallest absolute Gasteiger partial charge is 0.254 e. The second-order valence-corrected chi connectivity index (χ2v) is 7.98. The molecule has 0 bridgehead atoms. The molecule has 3 atom stereocenters. The first kappa shape index (κ1) is 20.3. The number of hydrogen-bond donors (Lipinski definition) is 1. The van der Waals surface area contributed by atoms with Gasteiger partial charge in [0.1, 0.15) is 0 Å². The van der Waals surface area contributed by atoms with E-state index in [1.54, 1.807) is 26.4 Å². The molecule has 1 N–H and O–H groups in total. The molecule has 0 unspecified atom stereocenters. The Morgan fingerprint density at radius 2 is 1.87 bits per heavy atom. The van der Waals surface area contributed by atoms with Crippen LogP contribution in [-0.2, 0) is 11.2 Å². The molecule has 6 heteroatoms. The molecule has 6 nitrogen and oxygen atoms in total. The minimum Gasteiger partial charge on any atom is -0.493 e. The van der Waals surface area contributed by atoms with Gasteiger partial charge in [-0.1, -0.05) is 31.2 Å². The minimum atomic E-state index is -0.520. The molecule has 2 amide bonds. The number of hydrogen-bond acceptors (Lipinski definition) is 4. The van der Waals surface area contributed by atoms with Crippen LogP contribution in [0.2, 0.25) is 0 Å². The van der Waals surface area contributed by atoms with Crippen molar-refractivity contribution in [2.75, 3.05) is 20.8 Å². The number of methoxy groups -OCH3 is 2. The Hall–Kier alpha value is -3.02. The lowest BCUT2D eigenvalue weighted by Gasteiger charge is -2.45. The van der Waals surface area contributed by atoms with E-state index in [2.05, 4.69) is 11.4 Å². The zero-order chi connectivity index (χ0) is 21.4. The fourth-order valence-electron chi connectivity index (χ4n) is 4.57. The average Bonchev–Trinajstić information content (AvgIpc) is 2.78. The summed E-state index contributed by atoms with van der Waals surface area (Å²) < 4.78 is 10.9. The lowest BCUT2D eigenvalue weighted by atomic mass is 9.75.